The third-order valence-electron chi connectivity index (χ3n) is 2.89. The lowest BCUT2D eigenvalue weighted by Gasteiger charge is -2.42. The summed E-state index contributed by atoms with van der Waals surface area (Å²) in [5.41, 5.74) is 10.5. The second-order valence-electron chi connectivity index (χ2n) is 4.13. The molecule has 6 heteroatoms. The predicted octanol–water partition coefficient (Wildman–Crippen LogP) is -0.781. The minimum absolute atomic E-state index is 0.0563. The molecule has 0 aromatic heterocycles. The Morgan fingerprint density at radius 2 is 1.73 bits per heavy atom. The normalized spacial score (nSPS) is 27.5. The number of hydrogen-bond acceptors (Lipinski definition) is 2. The summed E-state index contributed by atoms with van der Waals surface area (Å²) in [6.45, 7) is 5.84. The number of guanidine groups is 2. The van der Waals surface area contributed by atoms with Gasteiger partial charge in [0.05, 0.1) is 0 Å². The molecule has 0 spiro atoms. The van der Waals surface area contributed by atoms with Gasteiger partial charge >= 0.3 is 0 Å². The van der Waals surface area contributed by atoms with Gasteiger partial charge in [-0.15, -0.1) is 0 Å². The van der Waals surface area contributed by atoms with E-state index in [4.69, 9.17) is 16.9 Å². The molecule has 0 aromatic rings. The molecule has 0 aliphatic carbocycles. The van der Waals surface area contributed by atoms with E-state index in [1.807, 2.05) is 4.90 Å². The molecule has 1 saturated heterocycles. The third kappa shape index (κ3) is 2.82. The van der Waals surface area contributed by atoms with Crippen LogP contribution < -0.4 is 11.5 Å². The highest BCUT2D eigenvalue weighted by Gasteiger charge is 2.27. The average Bonchev–Trinajstić information content (AvgIpc) is 2.12. The van der Waals surface area contributed by atoms with E-state index < -0.39 is 0 Å². The number of hydrogen-bond donors (Lipinski definition) is 3. The van der Waals surface area contributed by atoms with Gasteiger partial charge in [0, 0.05) is 25.2 Å². The molecule has 2 unspecified atom stereocenters. The Kier molecular flexibility index (Phi) is 3.52. The van der Waals surface area contributed by atoms with E-state index in [1.54, 1.807) is 0 Å². The van der Waals surface area contributed by atoms with Gasteiger partial charge in [-0.3, -0.25) is 10.3 Å². The monoisotopic (exact) mass is 212 g/mol. The quantitative estimate of drug-likeness (QED) is 0.362. The van der Waals surface area contributed by atoms with E-state index >= 15 is 0 Å². The van der Waals surface area contributed by atoms with Crippen molar-refractivity contribution in [1.82, 2.24) is 9.80 Å². The number of rotatable bonds is 0. The van der Waals surface area contributed by atoms with Crippen LogP contribution in [0.4, 0.5) is 0 Å². The predicted molar refractivity (Wildman–Crippen MR) is 61.8 cm³/mol. The van der Waals surface area contributed by atoms with Gasteiger partial charge in [-0.25, -0.2) is 0 Å². The summed E-state index contributed by atoms with van der Waals surface area (Å²) in [5, 5.41) is 7.72. The number of nitrogens with two attached hydrogens (primary N) is 2. The van der Waals surface area contributed by atoms with Crippen LogP contribution in [0.25, 0.3) is 0 Å². The Morgan fingerprint density at radius 3 is 2.13 bits per heavy atom. The number of nitrogens with zero attached hydrogens (tertiary/aromatic N) is 3. The molecule has 0 bridgehead atoms. The molecule has 5 N–H and O–H groups in total. The number of aliphatic imine (C=N–C) groups is 1. The van der Waals surface area contributed by atoms with Gasteiger partial charge in [-0.05, 0) is 20.9 Å². The van der Waals surface area contributed by atoms with Crippen LogP contribution in [-0.2, 0) is 0 Å². The van der Waals surface area contributed by atoms with Crippen LogP contribution in [0.3, 0.4) is 0 Å². The van der Waals surface area contributed by atoms with Gasteiger partial charge in [-0.2, -0.15) is 4.99 Å². The molecule has 15 heavy (non-hydrogen) atoms. The largest absolute Gasteiger partial charge is 0.370 e. The molecule has 2 atom stereocenters. The van der Waals surface area contributed by atoms with Gasteiger partial charge in [0.2, 0.25) is 5.96 Å². The fourth-order valence-corrected chi connectivity index (χ4v) is 1.77. The second-order valence-corrected chi connectivity index (χ2v) is 4.13. The number of nitrogens with one attached hydrogen (secondary N) is 1. The molecular formula is C9H20N6. The minimum atomic E-state index is -0.0563. The standard InChI is InChI=1S/C9H20N6/c1-6-4-15(5-7(2)14(6)3)9(12)13-8(10)11/h6-7H,4-5H2,1-3H3,(H5,10,11,12,13). The third-order valence-corrected chi connectivity index (χ3v) is 2.89. The van der Waals surface area contributed by atoms with Crippen LogP contribution in [0.15, 0.2) is 4.99 Å². The Hall–Kier alpha value is -1.30. The Bertz CT molecular complexity index is 258. The molecule has 1 heterocycles. The number of likely N-dealkylation sites (N-methyl/N-ethyl adjacent to an activating group) is 1. The maximum absolute atomic E-state index is 7.72. The summed E-state index contributed by atoms with van der Waals surface area (Å²) in [7, 11) is 2.09. The lowest BCUT2D eigenvalue weighted by atomic mass is 10.1. The SMILES string of the molecule is CC1CN(C(=N)N=C(N)N)CC(C)N1C. The van der Waals surface area contributed by atoms with Crippen LogP contribution in [-0.4, -0.2) is 53.9 Å². The molecule has 86 valence electrons. The smallest absolute Gasteiger partial charge is 0.221 e. The summed E-state index contributed by atoms with van der Waals surface area (Å²) in [4.78, 5) is 7.95. The van der Waals surface area contributed by atoms with Gasteiger partial charge in [0.1, 0.15) is 0 Å². The summed E-state index contributed by atoms with van der Waals surface area (Å²) in [6.07, 6.45) is 0. The first-order valence-corrected chi connectivity index (χ1v) is 5.07. The zero-order valence-corrected chi connectivity index (χ0v) is 9.57. The van der Waals surface area contributed by atoms with Gasteiger partial charge in [0.25, 0.3) is 0 Å². The van der Waals surface area contributed by atoms with Crippen molar-refractivity contribution in [1.29, 1.82) is 5.41 Å². The van der Waals surface area contributed by atoms with Crippen LogP contribution >= 0.6 is 0 Å². The molecule has 0 saturated carbocycles. The molecule has 1 rings (SSSR count). The van der Waals surface area contributed by atoms with E-state index in [-0.39, 0.29) is 11.9 Å². The van der Waals surface area contributed by atoms with Crippen molar-refractivity contribution < 1.29 is 0 Å². The molecule has 0 radical (unpaired) electrons. The van der Waals surface area contributed by atoms with Crippen molar-refractivity contribution in [3.05, 3.63) is 0 Å². The van der Waals surface area contributed by atoms with E-state index in [2.05, 4.69) is 30.8 Å². The summed E-state index contributed by atoms with van der Waals surface area (Å²) in [6, 6.07) is 0.812. The van der Waals surface area contributed by atoms with E-state index in [0.717, 1.165) is 13.1 Å². The number of piperazine rings is 1. The fourth-order valence-electron chi connectivity index (χ4n) is 1.77. The van der Waals surface area contributed by atoms with Crippen LogP contribution in [0.1, 0.15) is 13.8 Å². The maximum atomic E-state index is 7.72. The van der Waals surface area contributed by atoms with Crippen molar-refractivity contribution in [2.45, 2.75) is 25.9 Å². The van der Waals surface area contributed by atoms with Crippen LogP contribution in [0.5, 0.6) is 0 Å². The van der Waals surface area contributed by atoms with Crippen molar-refractivity contribution >= 4 is 11.9 Å². The molecular weight excluding hydrogens is 192 g/mol. The highest BCUT2D eigenvalue weighted by atomic mass is 15.3. The lowest BCUT2D eigenvalue weighted by molar-refractivity contribution is 0.0978. The highest BCUT2D eigenvalue weighted by Crippen LogP contribution is 2.13. The van der Waals surface area contributed by atoms with Crippen molar-refractivity contribution in [3.63, 3.8) is 0 Å². The van der Waals surface area contributed by atoms with Crippen molar-refractivity contribution in [2.75, 3.05) is 20.1 Å². The highest BCUT2D eigenvalue weighted by molar-refractivity contribution is 5.91. The summed E-state index contributed by atoms with van der Waals surface area (Å²) in [5.74, 6) is 0.0982. The Balaban J connectivity index is 2.66. The molecule has 1 fully saturated rings. The summed E-state index contributed by atoms with van der Waals surface area (Å²) < 4.78 is 0. The molecule has 1 aliphatic rings. The van der Waals surface area contributed by atoms with Crippen LogP contribution in [0, 0.1) is 5.41 Å². The molecule has 6 nitrogen and oxygen atoms in total. The van der Waals surface area contributed by atoms with E-state index in [1.165, 1.54) is 0 Å². The first kappa shape index (κ1) is 11.8. The fraction of sp³-hybridized carbons (Fsp3) is 0.778. The van der Waals surface area contributed by atoms with Gasteiger partial charge in [-0.1, -0.05) is 0 Å². The first-order valence-electron chi connectivity index (χ1n) is 5.07. The van der Waals surface area contributed by atoms with Crippen molar-refractivity contribution in [2.24, 2.45) is 16.5 Å². The Labute approximate surface area is 90.4 Å². The Morgan fingerprint density at radius 1 is 1.27 bits per heavy atom. The summed E-state index contributed by atoms with van der Waals surface area (Å²) >= 11 is 0. The minimum Gasteiger partial charge on any atom is -0.370 e. The maximum Gasteiger partial charge on any atom is 0.221 e. The van der Waals surface area contributed by atoms with Crippen LogP contribution in [0.2, 0.25) is 0 Å². The lowest BCUT2D eigenvalue weighted by Crippen LogP contribution is -2.56. The van der Waals surface area contributed by atoms with Gasteiger partial charge in [0.15, 0.2) is 5.96 Å². The molecule has 0 aromatic carbocycles. The van der Waals surface area contributed by atoms with Crippen molar-refractivity contribution in [3.8, 4) is 0 Å². The van der Waals surface area contributed by atoms with E-state index in [0.29, 0.717) is 12.1 Å². The zero-order chi connectivity index (χ0) is 11.6. The molecule has 1 aliphatic heterocycles. The first-order chi connectivity index (χ1) is 6.91. The molecule has 0 amide bonds. The van der Waals surface area contributed by atoms with E-state index in [9.17, 15) is 0 Å². The second kappa shape index (κ2) is 4.48. The van der Waals surface area contributed by atoms with Gasteiger partial charge < -0.3 is 16.4 Å². The average molecular weight is 212 g/mol. The topological polar surface area (TPSA) is 94.7 Å². The zero-order valence-electron chi connectivity index (χ0n) is 9.57.